The SMILES string of the molecule is BrOCC(Br)(Br)C(Br)(Br)C(Br)(Br)C(Br)(Br)C(Br)Br. The molecule has 0 bridgehead atoms. The van der Waals surface area contributed by atoms with E-state index >= 15 is 0 Å². The van der Waals surface area contributed by atoms with Crippen molar-refractivity contribution in [3.8, 4) is 0 Å². The zero-order valence-electron chi connectivity index (χ0n) is 7.85. The van der Waals surface area contributed by atoms with Crippen LogP contribution in [0.25, 0.3) is 0 Å². The molecule has 0 amide bonds. The Morgan fingerprint density at radius 3 is 1.44 bits per heavy atom. The average Bonchev–Trinajstić information content (AvgIpc) is 2.16. The predicted molar refractivity (Wildman–Crippen MR) is 119 cm³/mol. The van der Waals surface area contributed by atoms with Crippen molar-refractivity contribution in [2.24, 2.45) is 0 Å². The fourth-order valence-corrected chi connectivity index (χ4v) is 9.14. The van der Waals surface area contributed by atoms with Crippen molar-refractivity contribution >= 4 is 176 Å². The number of alkyl halides is 10. The van der Waals surface area contributed by atoms with Crippen molar-refractivity contribution in [1.29, 1.82) is 0 Å². The second kappa shape index (κ2) is 8.56. The molecule has 0 aromatic rings. The van der Waals surface area contributed by atoms with E-state index in [0.29, 0.717) is 6.61 Å². The van der Waals surface area contributed by atoms with Gasteiger partial charge in [-0.2, -0.15) is 0 Å². The molecule has 12 heteroatoms. The third kappa shape index (κ3) is 4.88. The topological polar surface area (TPSA) is 9.23 Å². The van der Waals surface area contributed by atoms with E-state index in [9.17, 15) is 0 Å². The molecule has 0 heterocycles. The molecule has 0 radical (unpaired) electrons. The average molecular weight is 970 g/mol. The van der Waals surface area contributed by atoms with Gasteiger partial charge in [0, 0.05) is 0 Å². The Morgan fingerprint density at radius 2 is 1.17 bits per heavy atom. The molecule has 0 aliphatic carbocycles. The lowest BCUT2D eigenvalue weighted by Gasteiger charge is -2.49. The number of hydrogen-bond acceptors (Lipinski definition) is 1. The van der Waals surface area contributed by atoms with Crippen molar-refractivity contribution in [1.82, 2.24) is 0 Å². The molecule has 0 unspecified atom stereocenters. The van der Waals surface area contributed by atoms with Gasteiger partial charge in [0.15, 0.2) is 0 Å². The highest BCUT2D eigenvalue weighted by molar-refractivity contribution is 9.35. The van der Waals surface area contributed by atoms with Crippen LogP contribution < -0.4 is 0 Å². The molecule has 0 fully saturated rings. The van der Waals surface area contributed by atoms with Gasteiger partial charge in [-0.25, -0.2) is 0 Å². The van der Waals surface area contributed by atoms with Crippen LogP contribution in [0.5, 0.6) is 0 Å². The fourth-order valence-electron chi connectivity index (χ4n) is 0.735. The van der Waals surface area contributed by atoms with Gasteiger partial charge in [-0.1, -0.05) is 159 Å². The van der Waals surface area contributed by atoms with Gasteiger partial charge in [0.1, 0.15) is 12.9 Å². The molecule has 110 valence electrons. The molecule has 0 rings (SSSR count). The Hall–Kier alpha value is 5.24. The third-order valence-electron chi connectivity index (χ3n) is 1.78. The monoisotopic (exact) mass is 959 g/mol. The van der Waals surface area contributed by atoms with Crippen LogP contribution in [0.15, 0.2) is 0 Å². The molecule has 0 N–H and O–H groups in total. The Morgan fingerprint density at radius 1 is 0.778 bits per heavy atom. The van der Waals surface area contributed by atoms with Crippen molar-refractivity contribution in [2.45, 2.75) is 16.7 Å². The van der Waals surface area contributed by atoms with Gasteiger partial charge in [-0.15, -0.1) is 0 Å². The first kappa shape index (κ1) is 23.2. The van der Waals surface area contributed by atoms with E-state index in [2.05, 4.69) is 176 Å². The van der Waals surface area contributed by atoms with Gasteiger partial charge < -0.3 is 3.83 Å². The molecular formula is C6H3Br11O. The van der Waals surface area contributed by atoms with Gasteiger partial charge in [0.2, 0.25) is 0 Å². The van der Waals surface area contributed by atoms with E-state index < -0.39 is 12.9 Å². The summed E-state index contributed by atoms with van der Waals surface area (Å²) < 4.78 is 2.30. The minimum Gasteiger partial charge on any atom is -0.305 e. The standard InChI is InChI=1S/C6H3Br11O/c7-2(8)4(11,12)6(15,16)5(13,14)3(9,10)1-18-17/h2H,1H2. The summed E-state index contributed by atoms with van der Waals surface area (Å²) in [6, 6.07) is 0. The molecule has 0 saturated heterocycles. The molecule has 0 atom stereocenters. The fraction of sp³-hybridized carbons (Fsp3) is 1.00. The van der Waals surface area contributed by atoms with Crippen LogP contribution in [0.3, 0.4) is 0 Å². The first-order valence-corrected chi connectivity index (χ1v) is 12.6. The van der Waals surface area contributed by atoms with Crippen LogP contribution in [0, 0.1) is 0 Å². The Kier molecular flexibility index (Phi) is 11.0. The summed E-state index contributed by atoms with van der Waals surface area (Å²) in [5, 5.41) is 0. The normalized spacial score (nSPS) is 15.3. The van der Waals surface area contributed by atoms with E-state index in [1.54, 1.807) is 0 Å². The lowest BCUT2D eigenvalue weighted by Crippen LogP contribution is -2.58. The molecular weight excluding hydrogens is 967 g/mol. The maximum atomic E-state index is 5.02. The van der Waals surface area contributed by atoms with Crippen LogP contribution in [0.1, 0.15) is 0 Å². The van der Waals surface area contributed by atoms with Gasteiger partial charge in [-0.3, -0.25) is 0 Å². The van der Waals surface area contributed by atoms with Crippen molar-refractivity contribution in [3.05, 3.63) is 0 Å². The highest BCUT2D eigenvalue weighted by Gasteiger charge is 2.66. The van der Waals surface area contributed by atoms with E-state index in [-0.39, 0.29) is 3.74 Å². The first-order chi connectivity index (χ1) is 7.75. The summed E-state index contributed by atoms with van der Waals surface area (Å²) in [7, 11) is 0. The lowest BCUT2D eigenvalue weighted by molar-refractivity contribution is 0.375. The third-order valence-corrected chi connectivity index (χ3v) is 21.0. The Labute approximate surface area is 199 Å². The molecule has 0 aliphatic heterocycles. The van der Waals surface area contributed by atoms with Crippen molar-refractivity contribution in [3.63, 3.8) is 0 Å². The van der Waals surface area contributed by atoms with Crippen LogP contribution >= 0.6 is 176 Å². The zero-order chi connectivity index (χ0) is 15.0. The van der Waals surface area contributed by atoms with Crippen LogP contribution in [0.2, 0.25) is 0 Å². The highest BCUT2D eigenvalue weighted by atomic mass is 79.9. The van der Waals surface area contributed by atoms with Gasteiger partial charge in [-0.05, 0) is 0 Å². The molecule has 0 aromatic carbocycles. The summed E-state index contributed by atoms with van der Waals surface area (Å²) >= 11 is 39.0. The van der Waals surface area contributed by atoms with E-state index in [4.69, 9.17) is 3.83 Å². The summed E-state index contributed by atoms with van der Waals surface area (Å²) in [5.74, 6) is 0. The number of hydrogen-bond donors (Lipinski definition) is 0. The summed E-state index contributed by atoms with van der Waals surface area (Å²) in [4.78, 5) is 0. The Bertz CT molecular complexity index is 285. The van der Waals surface area contributed by atoms with E-state index in [0.717, 1.165) is 0 Å². The second-order valence-electron chi connectivity index (χ2n) is 3.03. The lowest BCUT2D eigenvalue weighted by atomic mass is 10.2. The van der Waals surface area contributed by atoms with Gasteiger partial charge in [0.05, 0.1) is 26.6 Å². The van der Waals surface area contributed by atoms with Crippen LogP contribution in [0.4, 0.5) is 0 Å². The van der Waals surface area contributed by atoms with E-state index in [1.165, 1.54) is 0 Å². The summed E-state index contributed by atoms with van der Waals surface area (Å²) in [6.45, 7) is 0.327. The minimum absolute atomic E-state index is 0.0913. The van der Waals surface area contributed by atoms with Crippen molar-refractivity contribution < 1.29 is 3.83 Å². The molecule has 18 heavy (non-hydrogen) atoms. The maximum Gasteiger partial charge on any atom is 0.135 e. The summed E-state index contributed by atoms with van der Waals surface area (Å²) in [5.41, 5.74) is 0. The second-order valence-corrected chi connectivity index (χ2v) is 20.8. The number of halogens is 11. The summed E-state index contributed by atoms with van der Waals surface area (Å²) in [6.07, 6.45) is 0. The van der Waals surface area contributed by atoms with Gasteiger partial charge >= 0.3 is 0 Å². The number of rotatable bonds is 6. The maximum absolute atomic E-state index is 5.02. The minimum atomic E-state index is -0.708. The largest absolute Gasteiger partial charge is 0.305 e. The highest BCUT2D eigenvalue weighted by Crippen LogP contribution is 2.68. The van der Waals surface area contributed by atoms with Crippen LogP contribution in [-0.2, 0) is 3.83 Å². The predicted octanol–water partition coefficient (Wildman–Crippen LogP) is 8.37. The van der Waals surface area contributed by atoms with E-state index in [1.807, 2.05) is 0 Å². The molecule has 0 aromatic heterocycles. The molecule has 0 spiro atoms. The van der Waals surface area contributed by atoms with Gasteiger partial charge in [0.25, 0.3) is 0 Å². The quantitative estimate of drug-likeness (QED) is 0.244. The molecule has 0 saturated carbocycles. The van der Waals surface area contributed by atoms with Crippen LogP contribution in [-0.4, -0.2) is 23.3 Å². The zero-order valence-corrected chi connectivity index (χ0v) is 25.3. The van der Waals surface area contributed by atoms with Crippen molar-refractivity contribution in [2.75, 3.05) is 6.61 Å². The molecule has 0 aliphatic rings. The molecule has 1 nitrogen and oxygen atoms in total. The Balaban J connectivity index is 5.58. The first-order valence-electron chi connectivity index (χ1n) is 3.78. The smallest absolute Gasteiger partial charge is 0.135 e.